The molecule has 1 aromatic carbocycles. The summed E-state index contributed by atoms with van der Waals surface area (Å²) in [6, 6.07) is 4.26. The van der Waals surface area contributed by atoms with Crippen LogP contribution in [-0.4, -0.2) is 19.3 Å². The molecule has 0 spiro atoms. The number of halogens is 3. The molecule has 88 valence electrons. The van der Waals surface area contributed by atoms with Crippen LogP contribution in [-0.2, 0) is 4.74 Å². The Bertz CT molecular complexity index is 380. The number of hydrogen-bond acceptors (Lipinski definition) is 2. The van der Waals surface area contributed by atoms with Crippen LogP contribution >= 0.6 is 39.1 Å². The summed E-state index contributed by atoms with van der Waals surface area (Å²) in [4.78, 5) is 0. The van der Waals surface area contributed by atoms with Crippen molar-refractivity contribution < 1.29 is 4.74 Å². The Hall–Kier alpha value is 0.0400. The van der Waals surface area contributed by atoms with Crippen molar-refractivity contribution in [1.29, 1.82) is 0 Å². The lowest BCUT2D eigenvalue weighted by Gasteiger charge is -2.24. The summed E-state index contributed by atoms with van der Waals surface area (Å²) in [5, 5.41) is 4.53. The molecule has 0 aromatic heterocycles. The molecule has 16 heavy (non-hydrogen) atoms. The number of benzene rings is 1. The molecule has 1 aromatic rings. The van der Waals surface area contributed by atoms with Crippen LogP contribution in [0.15, 0.2) is 16.6 Å². The Morgan fingerprint density at radius 3 is 2.56 bits per heavy atom. The average Bonchev–Trinajstić information content (AvgIpc) is 2.31. The second-order valence-corrected chi connectivity index (χ2v) is 5.36. The summed E-state index contributed by atoms with van der Waals surface area (Å²) in [5.74, 6) is 0. The first-order valence-electron chi connectivity index (χ1n) is 5.16. The zero-order valence-electron chi connectivity index (χ0n) is 8.60. The molecular formula is C11H12BrCl2NO. The maximum Gasteiger partial charge on any atom is 0.0835 e. The van der Waals surface area contributed by atoms with Crippen molar-refractivity contribution in [1.82, 2.24) is 0 Å². The predicted molar refractivity (Wildman–Crippen MR) is 71.6 cm³/mol. The maximum absolute atomic E-state index is 6.16. The van der Waals surface area contributed by atoms with Gasteiger partial charge in [0.15, 0.2) is 0 Å². The van der Waals surface area contributed by atoms with Gasteiger partial charge in [-0.05, 0) is 40.9 Å². The van der Waals surface area contributed by atoms with E-state index in [1.165, 1.54) is 0 Å². The average molecular weight is 325 g/mol. The third-order valence-electron chi connectivity index (χ3n) is 2.62. The van der Waals surface area contributed by atoms with E-state index in [9.17, 15) is 0 Å². The van der Waals surface area contributed by atoms with E-state index < -0.39 is 0 Å². The lowest BCUT2D eigenvalue weighted by molar-refractivity contribution is 0.0904. The summed E-state index contributed by atoms with van der Waals surface area (Å²) in [6.07, 6.45) is 2.01. The molecule has 0 aliphatic carbocycles. The second kappa shape index (κ2) is 5.58. The van der Waals surface area contributed by atoms with E-state index in [2.05, 4.69) is 21.2 Å². The summed E-state index contributed by atoms with van der Waals surface area (Å²) in [6.45, 7) is 1.61. The number of ether oxygens (including phenoxy) is 1. The Morgan fingerprint density at radius 1 is 1.19 bits per heavy atom. The standard InChI is InChI=1S/C11H12BrCl2NO/c12-8-1-2-9(11(14)10(8)13)15-7-3-5-16-6-4-7/h1-2,7,15H,3-6H2. The van der Waals surface area contributed by atoms with Crippen molar-refractivity contribution in [2.24, 2.45) is 0 Å². The van der Waals surface area contributed by atoms with Gasteiger partial charge in [-0.3, -0.25) is 0 Å². The highest BCUT2D eigenvalue weighted by Crippen LogP contribution is 2.36. The fraction of sp³-hybridized carbons (Fsp3) is 0.455. The summed E-state index contributed by atoms with van der Waals surface area (Å²) in [5.41, 5.74) is 0.891. The van der Waals surface area contributed by atoms with Crippen molar-refractivity contribution in [3.63, 3.8) is 0 Å². The van der Waals surface area contributed by atoms with Gasteiger partial charge in [-0.25, -0.2) is 0 Å². The Morgan fingerprint density at radius 2 is 1.88 bits per heavy atom. The monoisotopic (exact) mass is 323 g/mol. The smallest absolute Gasteiger partial charge is 0.0835 e. The van der Waals surface area contributed by atoms with Gasteiger partial charge in [0.05, 0.1) is 15.7 Å². The summed E-state index contributed by atoms with van der Waals surface area (Å²) < 4.78 is 6.12. The molecule has 1 saturated heterocycles. The van der Waals surface area contributed by atoms with E-state index in [-0.39, 0.29) is 0 Å². The SMILES string of the molecule is Clc1c(Br)ccc(NC2CCOCC2)c1Cl. The quantitative estimate of drug-likeness (QED) is 0.817. The Labute approximate surface area is 113 Å². The van der Waals surface area contributed by atoms with Crippen LogP contribution in [0.2, 0.25) is 10.0 Å². The molecule has 1 aliphatic rings. The van der Waals surface area contributed by atoms with Gasteiger partial charge in [0.25, 0.3) is 0 Å². The molecule has 0 atom stereocenters. The van der Waals surface area contributed by atoms with Gasteiger partial charge in [-0.2, -0.15) is 0 Å². The van der Waals surface area contributed by atoms with E-state index in [1.54, 1.807) is 0 Å². The van der Waals surface area contributed by atoms with Crippen molar-refractivity contribution in [2.75, 3.05) is 18.5 Å². The molecule has 1 heterocycles. The molecule has 0 radical (unpaired) electrons. The number of hydrogen-bond donors (Lipinski definition) is 1. The lowest BCUT2D eigenvalue weighted by Crippen LogP contribution is -2.27. The zero-order valence-corrected chi connectivity index (χ0v) is 11.7. The van der Waals surface area contributed by atoms with Gasteiger partial charge in [-0.1, -0.05) is 23.2 Å². The molecule has 2 nitrogen and oxygen atoms in total. The van der Waals surface area contributed by atoms with E-state index in [0.717, 1.165) is 36.2 Å². The predicted octanol–water partition coefficient (Wildman–Crippen LogP) is 4.35. The number of nitrogens with one attached hydrogen (secondary N) is 1. The van der Waals surface area contributed by atoms with Crippen LogP contribution in [0.25, 0.3) is 0 Å². The van der Waals surface area contributed by atoms with Crippen molar-refractivity contribution >= 4 is 44.8 Å². The topological polar surface area (TPSA) is 21.3 Å². The fourth-order valence-electron chi connectivity index (χ4n) is 1.70. The summed E-state index contributed by atoms with van der Waals surface area (Å²) in [7, 11) is 0. The first-order chi connectivity index (χ1) is 7.68. The van der Waals surface area contributed by atoms with E-state index in [1.807, 2.05) is 12.1 Å². The van der Waals surface area contributed by atoms with E-state index >= 15 is 0 Å². The molecule has 0 unspecified atom stereocenters. The van der Waals surface area contributed by atoms with Crippen LogP contribution in [0, 0.1) is 0 Å². The fourth-order valence-corrected chi connectivity index (χ4v) is 2.53. The van der Waals surface area contributed by atoms with Crippen LogP contribution in [0.1, 0.15) is 12.8 Å². The minimum absolute atomic E-state index is 0.420. The molecule has 2 rings (SSSR count). The maximum atomic E-state index is 6.16. The summed E-state index contributed by atoms with van der Waals surface area (Å²) >= 11 is 15.6. The third-order valence-corrected chi connectivity index (χ3v) is 4.39. The third kappa shape index (κ3) is 2.83. The first-order valence-corrected chi connectivity index (χ1v) is 6.71. The van der Waals surface area contributed by atoms with Crippen molar-refractivity contribution in [3.8, 4) is 0 Å². The van der Waals surface area contributed by atoms with E-state index in [0.29, 0.717) is 16.1 Å². The van der Waals surface area contributed by atoms with Crippen LogP contribution in [0.5, 0.6) is 0 Å². The molecule has 0 bridgehead atoms. The number of rotatable bonds is 2. The van der Waals surface area contributed by atoms with Gasteiger partial charge in [0, 0.05) is 23.7 Å². The van der Waals surface area contributed by atoms with Gasteiger partial charge in [-0.15, -0.1) is 0 Å². The molecule has 5 heteroatoms. The largest absolute Gasteiger partial charge is 0.381 e. The van der Waals surface area contributed by atoms with Crippen LogP contribution < -0.4 is 5.32 Å². The Balaban J connectivity index is 2.11. The van der Waals surface area contributed by atoms with Crippen LogP contribution in [0.4, 0.5) is 5.69 Å². The second-order valence-electron chi connectivity index (χ2n) is 3.75. The molecule has 0 amide bonds. The highest BCUT2D eigenvalue weighted by molar-refractivity contribution is 9.10. The van der Waals surface area contributed by atoms with E-state index in [4.69, 9.17) is 27.9 Å². The molecule has 1 N–H and O–H groups in total. The molecule has 0 saturated carbocycles. The normalized spacial score (nSPS) is 17.4. The van der Waals surface area contributed by atoms with Gasteiger partial charge in [0.2, 0.25) is 0 Å². The molecular weight excluding hydrogens is 313 g/mol. The van der Waals surface area contributed by atoms with Crippen molar-refractivity contribution in [2.45, 2.75) is 18.9 Å². The van der Waals surface area contributed by atoms with Gasteiger partial charge < -0.3 is 10.1 Å². The highest BCUT2D eigenvalue weighted by atomic mass is 79.9. The first kappa shape index (κ1) is 12.5. The minimum atomic E-state index is 0.420. The molecule has 1 aliphatic heterocycles. The number of anilines is 1. The van der Waals surface area contributed by atoms with Crippen molar-refractivity contribution in [3.05, 3.63) is 26.7 Å². The Kier molecular flexibility index (Phi) is 4.36. The van der Waals surface area contributed by atoms with Gasteiger partial charge in [0.1, 0.15) is 0 Å². The minimum Gasteiger partial charge on any atom is -0.381 e. The highest BCUT2D eigenvalue weighted by Gasteiger charge is 2.16. The van der Waals surface area contributed by atoms with Crippen LogP contribution in [0.3, 0.4) is 0 Å². The lowest BCUT2D eigenvalue weighted by atomic mass is 10.1. The van der Waals surface area contributed by atoms with Gasteiger partial charge >= 0.3 is 0 Å². The molecule has 1 fully saturated rings. The zero-order chi connectivity index (χ0) is 11.5.